The normalized spacial score (nSPS) is 10.0. The number of thioether (sulfide) groups is 1. The third kappa shape index (κ3) is 6.12. The van der Waals surface area contributed by atoms with E-state index < -0.39 is 0 Å². The lowest BCUT2D eigenvalue weighted by atomic mass is 10.2. The van der Waals surface area contributed by atoms with Gasteiger partial charge in [-0.1, -0.05) is 24.3 Å². The van der Waals surface area contributed by atoms with E-state index in [4.69, 9.17) is 0 Å². The predicted octanol–water partition coefficient (Wildman–Crippen LogP) is 2.75. The predicted molar refractivity (Wildman–Crippen MR) is 70.4 cm³/mol. The summed E-state index contributed by atoms with van der Waals surface area (Å²) >= 11 is 1.54. The average molecular weight is 253 g/mol. The summed E-state index contributed by atoms with van der Waals surface area (Å²) in [4.78, 5) is 11.4. The molecule has 0 bridgehead atoms. The van der Waals surface area contributed by atoms with Gasteiger partial charge in [0.1, 0.15) is 5.82 Å². The molecule has 0 saturated carbocycles. The fourth-order valence-corrected chi connectivity index (χ4v) is 1.91. The van der Waals surface area contributed by atoms with Crippen molar-refractivity contribution >= 4 is 17.7 Å². The van der Waals surface area contributed by atoms with Crippen molar-refractivity contribution < 1.29 is 9.18 Å². The summed E-state index contributed by atoms with van der Waals surface area (Å²) in [7, 11) is 0. The number of hydrogen-bond acceptors (Lipinski definition) is 2. The highest BCUT2D eigenvalue weighted by Gasteiger charge is 2.01. The van der Waals surface area contributed by atoms with E-state index in [0.717, 1.165) is 16.9 Å². The van der Waals surface area contributed by atoms with Crippen molar-refractivity contribution in [2.75, 3.05) is 11.5 Å². The maximum atomic E-state index is 12.6. The molecule has 92 valence electrons. The number of carbonyl (C=O) groups is 1. The van der Waals surface area contributed by atoms with Crippen LogP contribution in [0, 0.1) is 5.82 Å². The molecule has 0 aromatic heterocycles. The quantitative estimate of drug-likeness (QED) is 0.790. The van der Waals surface area contributed by atoms with Crippen LogP contribution >= 0.6 is 11.8 Å². The van der Waals surface area contributed by atoms with E-state index in [0.29, 0.717) is 12.3 Å². The molecule has 0 aliphatic rings. The van der Waals surface area contributed by atoms with Gasteiger partial charge < -0.3 is 5.32 Å². The summed E-state index contributed by atoms with van der Waals surface area (Å²) in [6.07, 6.45) is 0. The molecule has 0 saturated heterocycles. The first-order chi connectivity index (χ1) is 8.08. The third-order valence-corrected chi connectivity index (χ3v) is 3.15. The zero-order chi connectivity index (χ0) is 12.7. The second-order valence-electron chi connectivity index (χ2n) is 3.85. The SMILES string of the molecule is C=C(C)CSCC(=O)NCc1ccc(F)cc1. The Hall–Kier alpha value is -1.29. The largest absolute Gasteiger partial charge is 0.351 e. The fraction of sp³-hybridized carbons (Fsp3) is 0.308. The second kappa shape index (κ2) is 7.12. The maximum Gasteiger partial charge on any atom is 0.230 e. The van der Waals surface area contributed by atoms with Crippen LogP contribution in [0.15, 0.2) is 36.4 Å². The van der Waals surface area contributed by atoms with Gasteiger partial charge in [0.2, 0.25) is 5.91 Å². The molecule has 1 aromatic carbocycles. The first-order valence-electron chi connectivity index (χ1n) is 5.31. The van der Waals surface area contributed by atoms with Crippen molar-refractivity contribution in [1.29, 1.82) is 0 Å². The number of benzene rings is 1. The van der Waals surface area contributed by atoms with Crippen LogP contribution in [-0.2, 0) is 11.3 Å². The summed E-state index contributed by atoms with van der Waals surface area (Å²) < 4.78 is 12.6. The summed E-state index contributed by atoms with van der Waals surface area (Å²) in [6.45, 7) is 6.14. The molecule has 0 unspecified atom stereocenters. The lowest BCUT2D eigenvalue weighted by molar-refractivity contribution is -0.118. The van der Waals surface area contributed by atoms with Crippen LogP contribution in [0.25, 0.3) is 0 Å². The van der Waals surface area contributed by atoms with Crippen LogP contribution in [0.5, 0.6) is 0 Å². The van der Waals surface area contributed by atoms with Gasteiger partial charge in [-0.05, 0) is 24.6 Å². The zero-order valence-electron chi connectivity index (χ0n) is 9.83. The van der Waals surface area contributed by atoms with E-state index >= 15 is 0 Å². The Morgan fingerprint density at radius 1 is 1.35 bits per heavy atom. The van der Waals surface area contributed by atoms with Crippen molar-refractivity contribution in [1.82, 2.24) is 5.32 Å². The van der Waals surface area contributed by atoms with Crippen molar-refractivity contribution in [3.63, 3.8) is 0 Å². The highest BCUT2D eigenvalue weighted by molar-refractivity contribution is 8.00. The number of carbonyl (C=O) groups excluding carboxylic acids is 1. The van der Waals surface area contributed by atoms with Gasteiger partial charge in [0.05, 0.1) is 5.75 Å². The zero-order valence-corrected chi connectivity index (χ0v) is 10.6. The smallest absolute Gasteiger partial charge is 0.230 e. The molecule has 0 fully saturated rings. The first-order valence-corrected chi connectivity index (χ1v) is 6.46. The minimum absolute atomic E-state index is 0.0134. The van der Waals surface area contributed by atoms with Gasteiger partial charge in [-0.3, -0.25) is 4.79 Å². The van der Waals surface area contributed by atoms with Gasteiger partial charge in [0.25, 0.3) is 0 Å². The van der Waals surface area contributed by atoms with Gasteiger partial charge in [-0.2, -0.15) is 0 Å². The second-order valence-corrected chi connectivity index (χ2v) is 4.84. The van der Waals surface area contributed by atoms with E-state index in [1.165, 1.54) is 23.9 Å². The molecule has 0 radical (unpaired) electrons. The fourth-order valence-electron chi connectivity index (χ4n) is 1.17. The molecule has 4 heteroatoms. The lowest BCUT2D eigenvalue weighted by Gasteiger charge is -2.05. The topological polar surface area (TPSA) is 29.1 Å². The molecule has 1 rings (SSSR count). The van der Waals surface area contributed by atoms with Gasteiger partial charge in [0, 0.05) is 12.3 Å². The molecule has 1 amide bonds. The van der Waals surface area contributed by atoms with Crippen LogP contribution < -0.4 is 5.32 Å². The van der Waals surface area contributed by atoms with Gasteiger partial charge in [-0.15, -0.1) is 11.8 Å². The Balaban J connectivity index is 2.23. The van der Waals surface area contributed by atoms with Crippen LogP contribution in [0.4, 0.5) is 4.39 Å². The molecule has 1 N–H and O–H groups in total. The van der Waals surface area contributed by atoms with E-state index in [2.05, 4.69) is 11.9 Å². The minimum atomic E-state index is -0.267. The number of nitrogens with one attached hydrogen (secondary N) is 1. The first kappa shape index (κ1) is 13.8. The van der Waals surface area contributed by atoms with Gasteiger partial charge in [0.15, 0.2) is 0 Å². The van der Waals surface area contributed by atoms with Crippen molar-refractivity contribution in [2.45, 2.75) is 13.5 Å². The maximum absolute atomic E-state index is 12.6. The van der Waals surface area contributed by atoms with Crippen LogP contribution in [-0.4, -0.2) is 17.4 Å². The van der Waals surface area contributed by atoms with Crippen LogP contribution in [0.1, 0.15) is 12.5 Å². The Kier molecular flexibility index (Phi) is 5.77. The van der Waals surface area contributed by atoms with Crippen molar-refractivity contribution in [3.05, 3.63) is 47.8 Å². The highest BCUT2D eigenvalue weighted by atomic mass is 32.2. The summed E-state index contributed by atoms with van der Waals surface area (Å²) in [5.74, 6) is 0.940. The van der Waals surface area contributed by atoms with E-state index in [9.17, 15) is 9.18 Å². The standard InChI is InChI=1S/C13H16FNOS/c1-10(2)8-17-9-13(16)15-7-11-3-5-12(14)6-4-11/h3-6H,1,7-9H2,2H3,(H,15,16). The Morgan fingerprint density at radius 2 is 2.00 bits per heavy atom. The lowest BCUT2D eigenvalue weighted by Crippen LogP contribution is -2.24. The van der Waals surface area contributed by atoms with Crippen molar-refractivity contribution in [3.8, 4) is 0 Å². The van der Waals surface area contributed by atoms with Crippen LogP contribution in [0.3, 0.4) is 0 Å². The molecule has 2 nitrogen and oxygen atoms in total. The van der Waals surface area contributed by atoms with E-state index in [1.807, 2.05) is 6.92 Å². The van der Waals surface area contributed by atoms with E-state index in [1.54, 1.807) is 12.1 Å². The molecule has 0 aliphatic carbocycles. The molecule has 0 aliphatic heterocycles. The summed E-state index contributed by atoms with van der Waals surface area (Å²) in [5, 5.41) is 2.78. The molecular weight excluding hydrogens is 237 g/mol. The molecule has 0 heterocycles. The average Bonchev–Trinajstić information content (AvgIpc) is 2.28. The third-order valence-electron chi connectivity index (χ3n) is 1.98. The molecule has 1 aromatic rings. The van der Waals surface area contributed by atoms with E-state index in [-0.39, 0.29) is 11.7 Å². The molecule has 17 heavy (non-hydrogen) atoms. The van der Waals surface area contributed by atoms with Crippen LogP contribution in [0.2, 0.25) is 0 Å². The Labute approximate surface area is 105 Å². The Morgan fingerprint density at radius 3 is 2.59 bits per heavy atom. The van der Waals surface area contributed by atoms with Gasteiger partial charge in [-0.25, -0.2) is 4.39 Å². The van der Waals surface area contributed by atoms with Gasteiger partial charge >= 0.3 is 0 Å². The number of halogens is 1. The highest BCUT2D eigenvalue weighted by Crippen LogP contribution is 2.05. The monoisotopic (exact) mass is 253 g/mol. The summed E-state index contributed by atoms with van der Waals surface area (Å²) in [6, 6.07) is 6.10. The Bertz CT molecular complexity index is 389. The minimum Gasteiger partial charge on any atom is -0.351 e. The number of rotatable bonds is 6. The molecule has 0 spiro atoms. The number of hydrogen-bond donors (Lipinski definition) is 1. The molecular formula is C13H16FNOS. The van der Waals surface area contributed by atoms with Crippen molar-refractivity contribution in [2.24, 2.45) is 0 Å². The molecule has 0 atom stereocenters. The number of amides is 1. The summed E-state index contributed by atoms with van der Waals surface area (Å²) in [5.41, 5.74) is 1.95.